The highest BCUT2D eigenvalue weighted by molar-refractivity contribution is 6.30. The quantitative estimate of drug-likeness (QED) is 0.736. The Hall–Kier alpha value is -2.41. The fraction of sp³-hybridized carbons (Fsp3) is 0.500. The minimum absolute atomic E-state index is 0.205. The summed E-state index contributed by atoms with van der Waals surface area (Å²) in [5.74, 6) is 1.22. The molecule has 2 heterocycles. The van der Waals surface area contributed by atoms with Crippen LogP contribution in [-0.2, 0) is 0 Å². The van der Waals surface area contributed by atoms with Gasteiger partial charge < -0.3 is 20.2 Å². The smallest absolute Gasteiger partial charge is 0.251 e. The van der Waals surface area contributed by atoms with Gasteiger partial charge in [-0.3, -0.25) is 4.99 Å². The number of nitrogens with one attached hydrogen (secondary N) is 1. The number of aliphatic imine (C=N–C) groups is 1. The molecule has 3 fully saturated rings. The van der Waals surface area contributed by atoms with E-state index in [0.717, 1.165) is 43.5 Å². The van der Waals surface area contributed by atoms with Gasteiger partial charge >= 0.3 is 0 Å². The van der Waals surface area contributed by atoms with Crippen molar-refractivity contribution in [1.82, 2.24) is 15.2 Å². The van der Waals surface area contributed by atoms with Crippen LogP contribution in [0.25, 0.3) is 5.57 Å². The van der Waals surface area contributed by atoms with Crippen molar-refractivity contribution >= 4 is 11.3 Å². The predicted molar refractivity (Wildman–Crippen MR) is 91.5 cm³/mol. The van der Waals surface area contributed by atoms with Gasteiger partial charge in [-0.15, -0.1) is 10.2 Å². The van der Waals surface area contributed by atoms with Gasteiger partial charge in [-0.1, -0.05) is 0 Å². The van der Waals surface area contributed by atoms with Crippen LogP contribution in [0.1, 0.15) is 43.7 Å². The standard InChI is InChI=1S/C18H21N5O2/c19-8-13(16-23-21-10-25-16)15(14-2-1-5-20-14)22-18-9-17(24)6-11(18)3-4-12(18)7-17/h1-2,5,8,10-12,20,24H,3-4,6-7,9,19H2/t11-,12+,17?,18?. The van der Waals surface area contributed by atoms with Crippen LogP contribution in [0.3, 0.4) is 0 Å². The van der Waals surface area contributed by atoms with Crippen LogP contribution in [-0.4, -0.2) is 37.1 Å². The van der Waals surface area contributed by atoms with E-state index < -0.39 is 5.60 Å². The second kappa shape index (κ2) is 5.05. The topological polar surface area (TPSA) is 113 Å². The summed E-state index contributed by atoms with van der Waals surface area (Å²) in [4.78, 5) is 8.48. The highest BCUT2D eigenvalue weighted by atomic mass is 16.4. The minimum atomic E-state index is -0.548. The molecular formula is C18H21N5O2. The first-order valence-electron chi connectivity index (χ1n) is 8.78. The van der Waals surface area contributed by atoms with Gasteiger partial charge in [-0.2, -0.15) is 0 Å². The van der Waals surface area contributed by atoms with Crippen molar-refractivity contribution < 1.29 is 9.52 Å². The third-order valence-electron chi connectivity index (χ3n) is 6.33. The molecule has 3 aliphatic carbocycles. The number of H-pyrrole nitrogens is 1. The molecule has 7 heteroatoms. The summed E-state index contributed by atoms with van der Waals surface area (Å²) in [7, 11) is 0. The third kappa shape index (κ3) is 2.05. The molecule has 130 valence electrons. The zero-order valence-electron chi connectivity index (χ0n) is 13.9. The van der Waals surface area contributed by atoms with E-state index in [4.69, 9.17) is 15.1 Å². The summed E-state index contributed by atoms with van der Waals surface area (Å²) in [6.45, 7) is 0. The van der Waals surface area contributed by atoms with Gasteiger partial charge in [0.15, 0.2) is 0 Å². The fourth-order valence-electron chi connectivity index (χ4n) is 5.47. The maximum Gasteiger partial charge on any atom is 0.251 e. The Labute approximate surface area is 145 Å². The first kappa shape index (κ1) is 14.9. The van der Waals surface area contributed by atoms with Gasteiger partial charge in [0.1, 0.15) is 0 Å². The maximum absolute atomic E-state index is 10.9. The Morgan fingerprint density at radius 1 is 1.40 bits per heavy atom. The van der Waals surface area contributed by atoms with Crippen LogP contribution in [0.5, 0.6) is 0 Å². The summed E-state index contributed by atoms with van der Waals surface area (Å²) in [5.41, 5.74) is 7.39. The zero-order chi connectivity index (χ0) is 17.1. The lowest BCUT2D eigenvalue weighted by Crippen LogP contribution is -2.34. The van der Waals surface area contributed by atoms with E-state index in [9.17, 15) is 5.11 Å². The SMILES string of the molecule is NC=C(C(=NC12CC3(O)C[C@H]1CC[C@H]2C3)c1ccc[nH]1)c1nnco1. The van der Waals surface area contributed by atoms with E-state index in [1.165, 1.54) is 12.6 Å². The molecular weight excluding hydrogens is 318 g/mol. The van der Waals surface area contributed by atoms with Crippen molar-refractivity contribution in [1.29, 1.82) is 0 Å². The Morgan fingerprint density at radius 2 is 2.20 bits per heavy atom. The van der Waals surface area contributed by atoms with Crippen LogP contribution in [0.2, 0.25) is 0 Å². The molecule has 0 spiro atoms. The average Bonchev–Trinajstić information content (AvgIpc) is 3.35. The Balaban J connectivity index is 1.66. The van der Waals surface area contributed by atoms with Crippen LogP contribution >= 0.6 is 0 Å². The van der Waals surface area contributed by atoms with Gasteiger partial charge in [-0.25, -0.2) is 0 Å². The van der Waals surface area contributed by atoms with Crippen molar-refractivity contribution in [2.45, 2.75) is 43.2 Å². The van der Waals surface area contributed by atoms with E-state index in [-0.39, 0.29) is 5.54 Å². The molecule has 25 heavy (non-hydrogen) atoms. The lowest BCUT2D eigenvalue weighted by molar-refractivity contribution is 0.0399. The highest BCUT2D eigenvalue weighted by Gasteiger charge is 2.67. The summed E-state index contributed by atoms with van der Waals surface area (Å²) < 4.78 is 5.38. The monoisotopic (exact) mass is 339 g/mol. The number of fused-ring (bicyclic) bond motifs is 1. The number of hydrogen-bond acceptors (Lipinski definition) is 6. The molecule has 0 aromatic carbocycles. The van der Waals surface area contributed by atoms with Crippen molar-refractivity contribution in [3.63, 3.8) is 0 Å². The first-order valence-corrected chi connectivity index (χ1v) is 8.78. The summed E-state index contributed by atoms with van der Waals surface area (Å²) in [6.07, 6.45) is 9.34. The second-order valence-corrected chi connectivity index (χ2v) is 7.64. The number of rotatable bonds is 4. The number of hydrogen-bond donors (Lipinski definition) is 3. The Bertz CT molecular complexity index is 823. The largest absolute Gasteiger partial charge is 0.423 e. The molecule has 3 saturated carbocycles. The molecule has 2 aromatic heterocycles. The van der Waals surface area contributed by atoms with Crippen molar-refractivity contribution in [2.24, 2.45) is 22.6 Å². The van der Waals surface area contributed by atoms with Crippen molar-refractivity contribution in [3.05, 3.63) is 42.5 Å². The Morgan fingerprint density at radius 3 is 2.80 bits per heavy atom. The molecule has 2 aromatic rings. The van der Waals surface area contributed by atoms with E-state index in [1.807, 2.05) is 18.3 Å². The minimum Gasteiger partial charge on any atom is -0.423 e. The van der Waals surface area contributed by atoms with Crippen LogP contribution < -0.4 is 5.73 Å². The van der Waals surface area contributed by atoms with E-state index in [2.05, 4.69) is 15.2 Å². The van der Waals surface area contributed by atoms with Gasteiger partial charge in [0, 0.05) is 18.8 Å². The predicted octanol–water partition coefficient (Wildman–Crippen LogP) is 1.88. The Kier molecular flexibility index (Phi) is 3.01. The number of allylic oxidation sites excluding steroid dienone is 1. The average molecular weight is 339 g/mol. The van der Waals surface area contributed by atoms with E-state index in [0.29, 0.717) is 23.3 Å². The van der Waals surface area contributed by atoms with Crippen LogP contribution in [0, 0.1) is 11.8 Å². The molecule has 3 aliphatic rings. The van der Waals surface area contributed by atoms with Crippen LogP contribution in [0.15, 0.2) is 40.3 Å². The van der Waals surface area contributed by atoms with Crippen molar-refractivity contribution in [3.8, 4) is 0 Å². The zero-order valence-corrected chi connectivity index (χ0v) is 13.9. The van der Waals surface area contributed by atoms with E-state index in [1.54, 1.807) is 0 Å². The lowest BCUT2D eigenvalue weighted by atomic mass is 9.81. The molecule has 2 unspecified atom stereocenters. The summed E-state index contributed by atoms with van der Waals surface area (Å²) in [6, 6.07) is 3.89. The summed E-state index contributed by atoms with van der Waals surface area (Å²) >= 11 is 0. The van der Waals surface area contributed by atoms with Crippen LogP contribution in [0.4, 0.5) is 0 Å². The van der Waals surface area contributed by atoms with Crippen molar-refractivity contribution in [2.75, 3.05) is 0 Å². The fourth-order valence-corrected chi connectivity index (χ4v) is 5.47. The first-order chi connectivity index (χ1) is 12.1. The van der Waals surface area contributed by atoms with Gasteiger partial charge in [-0.05, 0) is 49.7 Å². The lowest BCUT2D eigenvalue weighted by Gasteiger charge is -2.31. The molecule has 0 saturated heterocycles. The number of nitrogens with two attached hydrogens (primary N) is 1. The second-order valence-electron chi connectivity index (χ2n) is 7.64. The van der Waals surface area contributed by atoms with Gasteiger partial charge in [0.05, 0.1) is 28.1 Å². The molecule has 0 radical (unpaired) electrons. The molecule has 2 bridgehead atoms. The van der Waals surface area contributed by atoms with E-state index >= 15 is 0 Å². The maximum atomic E-state index is 10.9. The summed E-state index contributed by atoms with van der Waals surface area (Å²) in [5, 5.41) is 18.6. The molecule has 0 amide bonds. The molecule has 7 nitrogen and oxygen atoms in total. The normalized spacial score (nSPS) is 37.2. The molecule has 5 rings (SSSR count). The molecule has 4 atom stereocenters. The number of aromatic amines is 1. The number of nitrogens with zero attached hydrogens (tertiary/aromatic N) is 3. The number of aromatic nitrogens is 3. The molecule has 4 N–H and O–H groups in total. The highest BCUT2D eigenvalue weighted by Crippen LogP contribution is 2.66. The third-order valence-corrected chi connectivity index (χ3v) is 6.33. The molecule has 0 aliphatic heterocycles. The van der Waals surface area contributed by atoms with Gasteiger partial charge in [0.25, 0.3) is 5.89 Å². The number of aliphatic hydroxyl groups is 1. The van der Waals surface area contributed by atoms with Gasteiger partial charge in [0.2, 0.25) is 6.39 Å².